The summed E-state index contributed by atoms with van der Waals surface area (Å²) in [5, 5.41) is 0. The van der Waals surface area contributed by atoms with Crippen molar-refractivity contribution in [1.82, 2.24) is 4.57 Å². The van der Waals surface area contributed by atoms with Gasteiger partial charge in [-0.15, -0.1) is 0 Å². The number of aryl methyl sites for hydroxylation is 1. The van der Waals surface area contributed by atoms with Crippen LogP contribution in [0.2, 0.25) is 0 Å². The summed E-state index contributed by atoms with van der Waals surface area (Å²) >= 11 is 0. The Bertz CT molecular complexity index is 987. The van der Waals surface area contributed by atoms with Crippen molar-refractivity contribution < 1.29 is 18.0 Å². The molecule has 0 aliphatic carbocycles. The van der Waals surface area contributed by atoms with Gasteiger partial charge in [-0.3, -0.25) is 14.1 Å². The van der Waals surface area contributed by atoms with Gasteiger partial charge < -0.3 is 0 Å². The van der Waals surface area contributed by atoms with Crippen LogP contribution >= 0.6 is 0 Å². The number of amides is 1. The number of nitrogens with zero attached hydrogens (tertiary/aromatic N) is 2. The van der Waals surface area contributed by atoms with Gasteiger partial charge in [-0.25, -0.2) is 13.2 Å². The van der Waals surface area contributed by atoms with Crippen LogP contribution in [0.15, 0.2) is 41.5 Å². The fraction of sp³-hybridized carbons (Fsp3) is 0.188. The molecule has 0 saturated heterocycles. The number of anilines is 1. The number of ketones is 1. The Morgan fingerprint density at radius 2 is 1.88 bits per heavy atom. The molecule has 3 rings (SSSR count). The molecule has 1 aromatic carbocycles. The number of hydrogen-bond donors (Lipinski definition) is 1. The molecule has 0 bridgehead atoms. The summed E-state index contributed by atoms with van der Waals surface area (Å²) in [6.07, 6.45) is 1.42. The van der Waals surface area contributed by atoms with Crippen LogP contribution < -0.4 is 4.72 Å². The van der Waals surface area contributed by atoms with Gasteiger partial charge in [-0.1, -0.05) is 12.1 Å². The number of sulfonamides is 1. The summed E-state index contributed by atoms with van der Waals surface area (Å²) < 4.78 is 28.3. The topological polar surface area (TPSA) is 97.6 Å². The van der Waals surface area contributed by atoms with E-state index in [4.69, 9.17) is 0 Å². The smallest absolute Gasteiger partial charge is 0.285 e. The third kappa shape index (κ3) is 2.88. The van der Waals surface area contributed by atoms with E-state index in [0.29, 0.717) is 5.69 Å². The molecule has 1 aliphatic heterocycles. The van der Waals surface area contributed by atoms with Gasteiger partial charge in [0.05, 0.1) is 11.4 Å². The van der Waals surface area contributed by atoms with Gasteiger partial charge in [0.1, 0.15) is 11.5 Å². The Morgan fingerprint density at radius 1 is 1.12 bits per heavy atom. The van der Waals surface area contributed by atoms with Gasteiger partial charge in [0, 0.05) is 6.20 Å². The zero-order valence-corrected chi connectivity index (χ0v) is 13.9. The van der Waals surface area contributed by atoms with Crippen LogP contribution in [-0.4, -0.2) is 36.3 Å². The van der Waals surface area contributed by atoms with Gasteiger partial charge in [0.15, 0.2) is 0 Å². The van der Waals surface area contributed by atoms with Crippen molar-refractivity contribution in [2.45, 2.75) is 13.8 Å². The maximum atomic E-state index is 12.4. The molecule has 2 heterocycles. The molecule has 2 aromatic rings. The first-order chi connectivity index (χ1) is 11.3. The first-order valence-corrected chi connectivity index (χ1v) is 8.84. The monoisotopic (exact) mass is 345 g/mol. The van der Waals surface area contributed by atoms with Gasteiger partial charge in [0.2, 0.25) is 15.8 Å². The van der Waals surface area contributed by atoms with E-state index in [0.717, 1.165) is 15.7 Å². The minimum absolute atomic E-state index is 0.118. The average Bonchev–Trinajstić information content (AvgIpc) is 2.99. The zero-order chi connectivity index (χ0) is 17.5. The molecule has 0 saturated carbocycles. The van der Waals surface area contributed by atoms with Crippen LogP contribution in [0.25, 0.3) is 0 Å². The highest BCUT2D eigenvalue weighted by Crippen LogP contribution is 2.20. The lowest BCUT2D eigenvalue weighted by Crippen LogP contribution is -2.34. The first-order valence-electron chi connectivity index (χ1n) is 7.19. The van der Waals surface area contributed by atoms with E-state index in [-0.39, 0.29) is 11.4 Å². The molecule has 24 heavy (non-hydrogen) atoms. The van der Waals surface area contributed by atoms with Crippen molar-refractivity contribution in [2.75, 3.05) is 10.5 Å². The third-order valence-corrected chi connectivity index (χ3v) is 5.06. The normalized spacial score (nSPS) is 14.3. The number of aromatic nitrogens is 1. The van der Waals surface area contributed by atoms with E-state index in [2.05, 4.69) is 9.71 Å². The van der Waals surface area contributed by atoms with Gasteiger partial charge in [-0.05, 0) is 43.2 Å². The number of rotatable bonds is 4. The highest BCUT2D eigenvalue weighted by atomic mass is 32.2. The highest BCUT2D eigenvalue weighted by Gasteiger charge is 2.30. The van der Waals surface area contributed by atoms with Crippen molar-refractivity contribution >= 4 is 33.2 Å². The standard InChI is InChI=1S/C16H15N3O4S/c1-10-5-3-6-12(11(10)2)18-24(22,23)9-13-15(20)14-7-4-8-19(14)16(21)17-13/h3-8,18H,9H2,1-2H3. The summed E-state index contributed by atoms with van der Waals surface area (Å²) in [6.45, 7) is 3.67. The third-order valence-electron chi connectivity index (χ3n) is 3.88. The molecule has 7 nitrogen and oxygen atoms in total. The minimum Gasteiger partial charge on any atom is -0.285 e. The molecular weight excluding hydrogens is 330 g/mol. The summed E-state index contributed by atoms with van der Waals surface area (Å²) in [5.74, 6) is -1.22. The predicted octanol–water partition coefficient (Wildman–Crippen LogP) is 2.15. The lowest BCUT2D eigenvalue weighted by molar-refractivity contribution is 0.105. The highest BCUT2D eigenvalue weighted by molar-refractivity contribution is 7.93. The first kappa shape index (κ1) is 16.1. The second-order valence-electron chi connectivity index (χ2n) is 5.54. The molecule has 0 radical (unpaired) electrons. The van der Waals surface area contributed by atoms with E-state index < -0.39 is 27.6 Å². The van der Waals surface area contributed by atoms with Crippen LogP contribution in [0, 0.1) is 13.8 Å². The van der Waals surface area contributed by atoms with Crippen molar-refractivity contribution in [3.8, 4) is 0 Å². The summed E-state index contributed by atoms with van der Waals surface area (Å²) in [7, 11) is -3.88. The van der Waals surface area contributed by atoms with Gasteiger partial charge in [0.25, 0.3) is 0 Å². The number of carbonyl (C=O) groups excluding carboxylic acids is 2. The number of hydrogen-bond acceptors (Lipinski definition) is 4. The average molecular weight is 345 g/mol. The molecule has 1 aliphatic rings. The fourth-order valence-corrected chi connectivity index (χ4v) is 3.63. The fourth-order valence-electron chi connectivity index (χ4n) is 2.44. The molecule has 0 spiro atoms. The van der Waals surface area contributed by atoms with Crippen LogP contribution in [0.1, 0.15) is 21.6 Å². The number of benzene rings is 1. The summed E-state index contributed by atoms with van der Waals surface area (Å²) in [5.41, 5.74) is 2.00. The summed E-state index contributed by atoms with van der Waals surface area (Å²) in [4.78, 5) is 27.7. The molecule has 1 amide bonds. The Balaban J connectivity index is 1.86. The molecule has 1 aromatic heterocycles. The molecule has 0 atom stereocenters. The van der Waals surface area contributed by atoms with E-state index in [9.17, 15) is 18.0 Å². The molecular formula is C16H15N3O4S. The Hall–Kier alpha value is -2.74. The molecule has 0 unspecified atom stereocenters. The number of aliphatic imine (C=N–C) groups is 1. The van der Waals surface area contributed by atoms with Crippen molar-refractivity contribution in [3.05, 3.63) is 53.3 Å². The Kier molecular flexibility index (Phi) is 3.84. The second-order valence-corrected chi connectivity index (χ2v) is 7.26. The molecule has 0 fully saturated rings. The van der Waals surface area contributed by atoms with Crippen molar-refractivity contribution in [1.29, 1.82) is 0 Å². The molecule has 8 heteroatoms. The Labute approximate surface area is 139 Å². The SMILES string of the molecule is Cc1cccc(NS(=O)(=O)CC2=NC(=O)n3cccc3C2=O)c1C. The van der Waals surface area contributed by atoms with E-state index in [1.807, 2.05) is 13.0 Å². The summed E-state index contributed by atoms with van der Waals surface area (Å²) in [6, 6.07) is 7.56. The van der Waals surface area contributed by atoms with Crippen molar-refractivity contribution in [2.24, 2.45) is 4.99 Å². The quantitative estimate of drug-likeness (QED) is 0.918. The maximum absolute atomic E-state index is 12.4. The second kappa shape index (κ2) is 5.72. The number of Topliss-reactive ketones (excluding diaryl/α,β-unsaturated/α-hetero) is 1. The van der Waals surface area contributed by atoms with Crippen LogP contribution in [0.5, 0.6) is 0 Å². The van der Waals surface area contributed by atoms with E-state index in [1.165, 1.54) is 18.3 Å². The molecule has 1 N–H and O–H groups in total. The van der Waals surface area contributed by atoms with Gasteiger partial charge in [-0.2, -0.15) is 4.99 Å². The maximum Gasteiger partial charge on any atom is 0.352 e. The lowest BCUT2D eigenvalue weighted by atomic mass is 10.1. The van der Waals surface area contributed by atoms with Crippen molar-refractivity contribution in [3.63, 3.8) is 0 Å². The van der Waals surface area contributed by atoms with Crippen LogP contribution in [-0.2, 0) is 10.0 Å². The number of nitrogens with one attached hydrogen (secondary N) is 1. The predicted molar refractivity (Wildman–Crippen MR) is 90.3 cm³/mol. The van der Waals surface area contributed by atoms with E-state index in [1.54, 1.807) is 19.1 Å². The lowest BCUT2D eigenvalue weighted by Gasteiger charge is -2.15. The van der Waals surface area contributed by atoms with Crippen LogP contribution in [0.3, 0.4) is 0 Å². The largest absolute Gasteiger partial charge is 0.352 e. The molecule has 124 valence electrons. The Morgan fingerprint density at radius 3 is 2.62 bits per heavy atom. The van der Waals surface area contributed by atoms with Crippen LogP contribution in [0.4, 0.5) is 10.5 Å². The van der Waals surface area contributed by atoms with E-state index >= 15 is 0 Å². The zero-order valence-electron chi connectivity index (χ0n) is 13.1. The van der Waals surface area contributed by atoms with Gasteiger partial charge >= 0.3 is 6.03 Å². The minimum atomic E-state index is -3.88. The number of fused-ring (bicyclic) bond motifs is 1. The number of carbonyl (C=O) groups is 2.